The summed E-state index contributed by atoms with van der Waals surface area (Å²) >= 11 is 0. The Morgan fingerprint density at radius 3 is 2.63 bits per heavy atom. The van der Waals surface area contributed by atoms with Crippen LogP contribution in [0.4, 0.5) is 17.2 Å². The average Bonchev–Trinajstić information content (AvgIpc) is 3.44. The Morgan fingerprint density at radius 1 is 0.971 bits per heavy atom. The van der Waals surface area contributed by atoms with E-state index in [1.807, 2.05) is 48.0 Å². The van der Waals surface area contributed by atoms with Gasteiger partial charge in [-0.25, -0.2) is 14.3 Å². The predicted octanol–water partition coefficient (Wildman–Crippen LogP) is 3.72. The maximum atomic E-state index is 13.2. The highest BCUT2D eigenvalue weighted by Crippen LogP contribution is 2.27. The summed E-state index contributed by atoms with van der Waals surface area (Å²) in [5, 5.41) is 7.57. The van der Waals surface area contributed by atoms with E-state index in [9.17, 15) is 9.59 Å². The van der Waals surface area contributed by atoms with Crippen molar-refractivity contribution in [2.24, 2.45) is 0 Å². The lowest BCUT2D eigenvalue weighted by Gasteiger charge is -2.18. The molecule has 2 aromatic carbocycles. The number of benzene rings is 2. The molecule has 1 saturated heterocycles. The van der Waals surface area contributed by atoms with Crippen molar-refractivity contribution in [1.82, 2.24) is 19.7 Å². The van der Waals surface area contributed by atoms with Gasteiger partial charge in [0.25, 0.3) is 5.56 Å². The molecule has 1 amide bonds. The van der Waals surface area contributed by atoms with Crippen molar-refractivity contribution in [3.8, 4) is 5.82 Å². The Hall–Kier alpha value is -3.91. The minimum Gasteiger partial charge on any atom is -0.355 e. The molecule has 4 heterocycles. The number of fused-ring (bicyclic) bond motifs is 2. The summed E-state index contributed by atoms with van der Waals surface area (Å²) in [5.41, 5.74) is 5.34. The highest BCUT2D eigenvalue weighted by Gasteiger charge is 2.24. The Labute approximate surface area is 203 Å². The van der Waals surface area contributed by atoms with Crippen LogP contribution in [0.15, 0.2) is 59.4 Å². The van der Waals surface area contributed by atoms with Gasteiger partial charge in [-0.3, -0.25) is 14.5 Å². The van der Waals surface area contributed by atoms with Crippen molar-refractivity contribution < 1.29 is 4.79 Å². The zero-order valence-electron chi connectivity index (χ0n) is 19.8. The first-order chi connectivity index (χ1) is 17.1. The molecule has 0 spiro atoms. The van der Waals surface area contributed by atoms with Crippen molar-refractivity contribution in [2.45, 2.75) is 39.3 Å². The summed E-state index contributed by atoms with van der Waals surface area (Å²) < 4.78 is 3.56. The topological polar surface area (TPSA) is 84.2 Å². The molecule has 0 unspecified atom stereocenters. The molecule has 2 aliphatic rings. The van der Waals surface area contributed by atoms with E-state index in [-0.39, 0.29) is 11.5 Å². The molecule has 8 heteroatoms. The highest BCUT2D eigenvalue weighted by atomic mass is 16.2. The van der Waals surface area contributed by atoms with E-state index in [0.29, 0.717) is 36.5 Å². The van der Waals surface area contributed by atoms with Crippen molar-refractivity contribution in [3.05, 3.63) is 76.1 Å². The molecule has 0 bridgehead atoms. The molecule has 0 saturated carbocycles. The Morgan fingerprint density at radius 2 is 1.80 bits per heavy atom. The summed E-state index contributed by atoms with van der Waals surface area (Å²) in [5.74, 6) is 1.33. The van der Waals surface area contributed by atoms with Crippen LogP contribution in [0.25, 0.3) is 16.7 Å². The van der Waals surface area contributed by atoms with Gasteiger partial charge in [0.1, 0.15) is 5.82 Å². The second-order valence-corrected chi connectivity index (χ2v) is 9.10. The van der Waals surface area contributed by atoms with Gasteiger partial charge in [-0.1, -0.05) is 12.1 Å². The van der Waals surface area contributed by atoms with Crippen LogP contribution < -0.4 is 21.1 Å². The molecule has 2 aliphatic heterocycles. The number of rotatable bonds is 5. The molecular formula is C27H28N6O2. The normalized spacial score (nSPS) is 15.6. The Kier molecular flexibility index (Phi) is 5.37. The molecule has 178 valence electrons. The molecule has 2 N–H and O–H groups in total. The number of carbonyl (C=O) groups excluding carboxylic acids is 1. The number of nitrogens with one attached hydrogen (secondary N) is 2. The molecular weight excluding hydrogens is 440 g/mol. The van der Waals surface area contributed by atoms with Crippen LogP contribution in [-0.2, 0) is 24.3 Å². The van der Waals surface area contributed by atoms with Gasteiger partial charge in [0.05, 0.1) is 10.9 Å². The standard InChI is InChI=1S/C27H28N6O2/c1-2-32-27(35)22-11-10-21(29-20-9-8-18-12-13-28-17-19(18)15-20)16-23(22)33(32)25-6-3-5-24(30-25)31-14-4-7-26(31)34/h3,5-6,8-11,15-16,28-29H,2,4,7,12-14,17H2,1H3. The number of nitrogens with zero attached hydrogens (tertiary/aromatic N) is 4. The third kappa shape index (κ3) is 3.80. The maximum Gasteiger partial charge on any atom is 0.274 e. The molecule has 8 nitrogen and oxygen atoms in total. The van der Waals surface area contributed by atoms with Gasteiger partial charge in [-0.05, 0) is 79.9 Å². The minimum atomic E-state index is -0.0571. The van der Waals surface area contributed by atoms with E-state index in [1.165, 1.54) is 11.1 Å². The van der Waals surface area contributed by atoms with E-state index in [0.717, 1.165) is 42.8 Å². The molecule has 0 radical (unpaired) electrons. The van der Waals surface area contributed by atoms with Gasteiger partial charge in [0.15, 0.2) is 5.82 Å². The van der Waals surface area contributed by atoms with Crippen LogP contribution >= 0.6 is 0 Å². The fourth-order valence-electron chi connectivity index (χ4n) is 5.15. The summed E-state index contributed by atoms with van der Waals surface area (Å²) in [6, 6.07) is 17.9. The monoisotopic (exact) mass is 468 g/mol. The average molecular weight is 469 g/mol. The summed E-state index contributed by atoms with van der Waals surface area (Å²) in [7, 11) is 0. The minimum absolute atomic E-state index is 0.0571. The SMILES string of the molecule is CCn1c(=O)c2ccc(Nc3ccc4c(c3)CNCC4)cc2n1-c1cccc(N2CCCC2=O)n1. The molecule has 6 rings (SSSR count). The fraction of sp³-hybridized carbons (Fsp3) is 0.296. The quantitative estimate of drug-likeness (QED) is 0.466. The molecule has 0 aliphatic carbocycles. The van der Waals surface area contributed by atoms with E-state index < -0.39 is 0 Å². The fourth-order valence-corrected chi connectivity index (χ4v) is 5.15. The van der Waals surface area contributed by atoms with Crippen LogP contribution in [0.3, 0.4) is 0 Å². The summed E-state index contributed by atoms with van der Waals surface area (Å²) in [6.45, 7) is 5.02. The molecule has 4 aromatic rings. The summed E-state index contributed by atoms with van der Waals surface area (Å²) in [4.78, 5) is 32.0. The maximum absolute atomic E-state index is 13.2. The molecule has 35 heavy (non-hydrogen) atoms. The molecule has 1 fully saturated rings. The lowest BCUT2D eigenvalue weighted by atomic mass is 10.0. The first-order valence-corrected chi connectivity index (χ1v) is 12.3. The van der Waals surface area contributed by atoms with Crippen LogP contribution in [-0.4, -0.2) is 33.3 Å². The van der Waals surface area contributed by atoms with Gasteiger partial charge in [0, 0.05) is 37.4 Å². The number of carbonyl (C=O) groups is 1. The van der Waals surface area contributed by atoms with E-state index in [2.05, 4.69) is 28.8 Å². The lowest BCUT2D eigenvalue weighted by molar-refractivity contribution is -0.117. The number of anilines is 3. The predicted molar refractivity (Wildman–Crippen MR) is 138 cm³/mol. The van der Waals surface area contributed by atoms with Gasteiger partial charge >= 0.3 is 0 Å². The van der Waals surface area contributed by atoms with Gasteiger partial charge in [-0.2, -0.15) is 0 Å². The van der Waals surface area contributed by atoms with E-state index in [1.54, 1.807) is 9.58 Å². The first kappa shape index (κ1) is 21.6. The van der Waals surface area contributed by atoms with Crippen LogP contribution in [0, 0.1) is 0 Å². The molecule has 0 atom stereocenters. The van der Waals surface area contributed by atoms with Crippen LogP contribution in [0.5, 0.6) is 0 Å². The summed E-state index contributed by atoms with van der Waals surface area (Å²) in [6.07, 6.45) is 2.43. The third-order valence-corrected chi connectivity index (χ3v) is 6.90. The number of hydrogen-bond donors (Lipinski definition) is 2. The lowest BCUT2D eigenvalue weighted by Crippen LogP contribution is -2.26. The van der Waals surface area contributed by atoms with Crippen LogP contribution in [0.2, 0.25) is 0 Å². The number of aromatic nitrogens is 3. The Balaban J connectivity index is 1.42. The number of amides is 1. The third-order valence-electron chi connectivity index (χ3n) is 6.90. The smallest absolute Gasteiger partial charge is 0.274 e. The van der Waals surface area contributed by atoms with Gasteiger partial charge in [0.2, 0.25) is 5.91 Å². The van der Waals surface area contributed by atoms with Crippen molar-refractivity contribution in [1.29, 1.82) is 0 Å². The zero-order valence-corrected chi connectivity index (χ0v) is 19.8. The first-order valence-electron chi connectivity index (χ1n) is 12.3. The van der Waals surface area contributed by atoms with Crippen molar-refractivity contribution in [2.75, 3.05) is 23.3 Å². The van der Waals surface area contributed by atoms with Gasteiger partial charge < -0.3 is 10.6 Å². The Bertz CT molecular complexity index is 1500. The van der Waals surface area contributed by atoms with Gasteiger partial charge in [-0.15, -0.1) is 0 Å². The van der Waals surface area contributed by atoms with Crippen molar-refractivity contribution in [3.63, 3.8) is 0 Å². The number of hydrogen-bond acceptors (Lipinski definition) is 5. The van der Waals surface area contributed by atoms with E-state index in [4.69, 9.17) is 4.98 Å². The largest absolute Gasteiger partial charge is 0.355 e. The molecule has 2 aromatic heterocycles. The van der Waals surface area contributed by atoms with E-state index >= 15 is 0 Å². The number of pyridine rings is 1. The van der Waals surface area contributed by atoms with Crippen molar-refractivity contribution >= 4 is 34.0 Å². The highest BCUT2D eigenvalue weighted by molar-refractivity contribution is 5.94. The van der Waals surface area contributed by atoms with Crippen LogP contribution in [0.1, 0.15) is 30.9 Å². The zero-order chi connectivity index (χ0) is 23.9. The second kappa shape index (κ2) is 8.70. The second-order valence-electron chi connectivity index (χ2n) is 9.10.